The van der Waals surface area contributed by atoms with Crippen molar-refractivity contribution in [2.45, 2.75) is 32.7 Å². The van der Waals surface area contributed by atoms with Gasteiger partial charge in [-0.1, -0.05) is 12.1 Å². The van der Waals surface area contributed by atoms with E-state index < -0.39 is 0 Å². The van der Waals surface area contributed by atoms with E-state index in [-0.39, 0.29) is 12.4 Å². The van der Waals surface area contributed by atoms with Crippen LogP contribution in [0.4, 0.5) is 5.69 Å². The number of aryl methyl sites for hydroxylation is 2. The van der Waals surface area contributed by atoms with Gasteiger partial charge in [0.2, 0.25) is 0 Å². The van der Waals surface area contributed by atoms with E-state index in [0.717, 1.165) is 26.1 Å². The molecule has 90 valence electrons. The van der Waals surface area contributed by atoms with Gasteiger partial charge < -0.3 is 10.1 Å². The van der Waals surface area contributed by atoms with Crippen LogP contribution in [0.5, 0.6) is 0 Å². The van der Waals surface area contributed by atoms with Crippen molar-refractivity contribution in [3.05, 3.63) is 29.3 Å². The van der Waals surface area contributed by atoms with Crippen LogP contribution in [-0.4, -0.2) is 19.3 Å². The van der Waals surface area contributed by atoms with Crippen molar-refractivity contribution < 1.29 is 4.74 Å². The molecule has 1 aromatic rings. The Balaban J connectivity index is 0.00000128. The Morgan fingerprint density at radius 1 is 1.19 bits per heavy atom. The molecule has 1 aliphatic heterocycles. The average molecular weight is 242 g/mol. The number of hydrogen-bond donors (Lipinski definition) is 1. The molecule has 2 rings (SSSR count). The molecule has 1 fully saturated rings. The van der Waals surface area contributed by atoms with Crippen LogP contribution >= 0.6 is 12.4 Å². The predicted molar refractivity (Wildman–Crippen MR) is 70.6 cm³/mol. The molecule has 1 saturated heterocycles. The van der Waals surface area contributed by atoms with Gasteiger partial charge in [-0.15, -0.1) is 12.4 Å². The summed E-state index contributed by atoms with van der Waals surface area (Å²) in [4.78, 5) is 0. The molecule has 0 spiro atoms. The van der Waals surface area contributed by atoms with Crippen LogP contribution in [-0.2, 0) is 4.74 Å². The van der Waals surface area contributed by atoms with Gasteiger partial charge in [0.05, 0.1) is 0 Å². The van der Waals surface area contributed by atoms with Crippen molar-refractivity contribution in [2.24, 2.45) is 0 Å². The number of halogens is 1. The number of hydrogen-bond acceptors (Lipinski definition) is 2. The Hall–Kier alpha value is -0.730. The van der Waals surface area contributed by atoms with Crippen molar-refractivity contribution in [1.82, 2.24) is 0 Å². The van der Waals surface area contributed by atoms with E-state index >= 15 is 0 Å². The topological polar surface area (TPSA) is 21.3 Å². The van der Waals surface area contributed by atoms with Gasteiger partial charge in [-0.05, 0) is 43.9 Å². The van der Waals surface area contributed by atoms with Gasteiger partial charge in [0.15, 0.2) is 0 Å². The van der Waals surface area contributed by atoms with Crippen LogP contribution in [0.25, 0.3) is 0 Å². The highest BCUT2D eigenvalue weighted by atomic mass is 35.5. The van der Waals surface area contributed by atoms with Gasteiger partial charge in [-0.25, -0.2) is 0 Å². The van der Waals surface area contributed by atoms with E-state index in [1.165, 1.54) is 16.8 Å². The first-order valence-corrected chi connectivity index (χ1v) is 5.67. The molecule has 1 aliphatic rings. The molecule has 0 radical (unpaired) electrons. The summed E-state index contributed by atoms with van der Waals surface area (Å²) in [6.07, 6.45) is 2.24. The smallest absolute Gasteiger partial charge is 0.0485 e. The summed E-state index contributed by atoms with van der Waals surface area (Å²) in [6, 6.07) is 7.14. The fourth-order valence-electron chi connectivity index (χ4n) is 1.95. The molecule has 0 atom stereocenters. The van der Waals surface area contributed by atoms with Gasteiger partial charge in [-0.2, -0.15) is 0 Å². The van der Waals surface area contributed by atoms with Crippen molar-refractivity contribution in [2.75, 3.05) is 18.5 Å². The molecule has 3 heteroatoms. The largest absolute Gasteiger partial charge is 0.382 e. The third-order valence-corrected chi connectivity index (χ3v) is 2.97. The third-order valence-electron chi connectivity index (χ3n) is 2.97. The number of benzene rings is 1. The third kappa shape index (κ3) is 3.39. The molecule has 0 aromatic heterocycles. The minimum Gasteiger partial charge on any atom is -0.382 e. The SMILES string of the molecule is Cc1ccc(C)c(NC2CCOCC2)c1.Cl. The zero-order valence-electron chi connectivity index (χ0n) is 9.95. The molecule has 0 saturated carbocycles. The van der Waals surface area contributed by atoms with Crippen LogP contribution < -0.4 is 5.32 Å². The lowest BCUT2D eigenvalue weighted by molar-refractivity contribution is 0.0904. The summed E-state index contributed by atoms with van der Waals surface area (Å²) >= 11 is 0. The molecule has 16 heavy (non-hydrogen) atoms. The first-order chi connectivity index (χ1) is 7.25. The Labute approximate surface area is 104 Å². The molecule has 1 aromatic carbocycles. The standard InChI is InChI=1S/C13H19NO.ClH/c1-10-3-4-11(2)13(9-10)14-12-5-7-15-8-6-12;/h3-4,9,12,14H,5-8H2,1-2H3;1H. The maximum Gasteiger partial charge on any atom is 0.0485 e. The van der Waals surface area contributed by atoms with Crippen LogP contribution in [0.3, 0.4) is 0 Å². The molecule has 0 aliphatic carbocycles. The van der Waals surface area contributed by atoms with E-state index in [9.17, 15) is 0 Å². The Kier molecular flexibility index (Phi) is 5.10. The maximum absolute atomic E-state index is 5.35. The second-order valence-electron chi connectivity index (χ2n) is 4.35. The zero-order valence-corrected chi connectivity index (χ0v) is 10.8. The summed E-state index contributed by atoms with van der Waals surface area (Å²) in [5.41, 5.74) is 3.92. The Morgan fingerprint density at radius 3 is 2.56 bits per heavy atom. The van der Waals surface area contributed by atoms with E-state index in [0.29, 0.717) is 6.04 Å². The van der Waals surface area contributed by atoms with Crippen molar-refractivity contribution in [1.29, 1.82) is 0 Å². The highest BCUT2D eigenvalue weighted by Crippen LogP contribution is 2.20. The predicted octanol–water partition coefficient (Wildman–Crippen LogP) is 3.32. The molecular formula is C13H20ClNO. The number of ether oxygens (including phenoxy) is 1. The van der Waals surface area contributed by atoms with Crippen LogP contribution in [0.2, 0.25) is 0 Å². The summed E-state index contributed by atoms with van der Waals surface area (Å²) in [6.45, 7) is 6.07. The lowest BCUT2D eigenvalue weighted by Crippen LogP contribution is -2.28. The van der Waals surface area contributed by atoms with E-state index in [1.54, 1.807) is 0 Å². The van der Waals surface area contributed by atoms with Crippen molar-refractivity contribution >= 4 is 18.1 Å². The quantitative estimate of drug-likeness (QED) is 0.858. The Bertz CT molecular complexity index is 335. The lowest BCUT2D eigenvalue weighted by atomic mass is 10.1. The number of nitrogens with one attached hydrogen (secondary N) is 1. The zero-order chi connectivity index (χ0) is 10.7. The van der Waals surface area contributed by atoms with E-state index in [2.05, 4.69) is 37.4 Å². The molecule has 0 unspecified atom stereocenters. The second kappa shape index (κ2) is 6.12. The van der Waals surface area contributed by atoms with Crippen LogP contribution in [0.15, 0.2) is 18.2 Å². The van der Waals surface area contributed by atoms with E-state index in [4.69, 9.17) is 4.74 Å². The van der Waals surface area contributed by atoms with Crippen molar-refractivity contribution in [3.8, 4) is 0 Å². The summed E-state index contributed by atoms with van der Waals surface area (Å²) in [5, 5.41) is 3.61. The first kappa shape index (κ1) is 13.3. The van der Waals surface area contributed by atoms with E-state index in [1.807, 2.05) is 0 Å². The van der Waals surface area contributed by atoms with Gasteiger partial charge in [0.25, 0.3) is 0 Å². The number of anilines is 1. The van der Waals surface area contributed by atoms with Gasteiger partial charge in [0.1, 0.15) is 0 Å². The van der Waals surface area contributed by atoms with Crippen LogP contribution in [0, 0.1) is 13.8 Å². The Morgan fingerprint density at radius 2 is 1.88 bits per heavy atom. The highest BCUT2D eigenvalue weighted by Gasteiger charge is 2.13. The molecule has 0 amide bonds. The first-order valence-electron chi connectivity index (χ1n) is 5.67. The lowest BCUT2D eigenvalue weighted by Gasteiger charge is -2.25. The normalized spacial score (nSPS) is 16.6. The minimum atomic E-state index is 0. The second-order valence-corrected chi connectivity index (χ2v) is 4.35. The van der Waals surface area contributed by atoms with Crippen LogP contribution in [0.1, 0.15) is 24.0 Å². The maximum atomic E-state index is 5.35. The molecular weight excluding hydrogens is 222 g/mol. The number of rotatable bonds is 2. The summed E-state index contributed by atoms with van der Waals surface area (Å²) < 4.78 is 5.35. The molecule has 1 heterocycles. The minimum absolute atomic E-state index is 0. The summed E-state index contributed by atoms with van der Waals surface area (Å²) in [5.74, 6) is 0. The average Bonchev–Trinajstić information content (AvgIpc) is 2.25. The molecule has 1 N–H and O–H groups in total. The molecule has 2 nitrogen and oxygen atoms in total. The van der Waals surface area contributed by atoms with Crippen molar-refractivity contribution in [3.63, 3.8) is 0 Å². The fourth-order valence-corrected chi connectivity index (χ4v) is 1.95. The highest BCUT2D eigenvalue weighted by molar-refractivity contribution is 5.85. The monoisotopic (exact) mass is 241 g/mol. The fraction of sp³-hybridized carbons (Fsp3) is 0.538. The molecule has 0 bridgehead atoms. The van der Waals surface area contributed by atoms with Gasteiger partial charge in [0, 0.05) is 24.9 Å². The van der Waals surface area contributed by atoms with Gasteiger partial charge >= 0.3 is 0 Å². The summed E-state index contributed by atoms with van der Waals surface area (Å²) in [7, 11) is 0. The van der Waals surface area contributed by atoms with Gasteiger partial charge in [-0.3, -0.25) is 0 Å².